The average molecular weight is 286 g/mol. The van der Waals surface area contributed by atoms with Gasteiger partial charge in [0.2, 0.25) is 5.91 Å². The van der Waals surface area contributed by atoms with Crippen molar-refractivity contribution in [3.05, 3.63) is 29.8 Å². The first-order valence-electron chi connectivity index (χ1n) is 6.23. The van der Waals surface area contributed by atoms with Gasteiger partial charge in [0.15, 0.2) is 11.6 Å². The number of rotatable bonds is 4. The van der Waals surface area contributed by atoms with Crippen molar-refractivity contribution in [1.82, 2.24) is 5.32 Å². The Morgan fingerprint density at radius 2 is 2.11 bits per heavy atom. The van der Waals surface area contributed by atoms with E-state index in [-0.39, 0.29) is 17.3 Å². The quantitative estimate of drug-likeness (QED) is 0.893. The Morgan fingerprint density at radius 3 is 2.84 bits per heavy atom. The van der Waals surface area contributed by atoms with Gasteiger partial charge in [0, 0.05) is 5.25 Å². The summed E-state index contributed by atoms with van der Waals surface area (Å²) in [6.45, 7) is 1.94. The lowest BCUT2D eigenvalue weighted by Gasteiger charge is -2.21. The molecule has 19 heavy (non-hydrogen) atoms. The van der Waals surface area contributed by atoms with Crippen LogP contribution in [0.4, 0.5) is 14.5 Å². The number of piperidine rings is 1. The number of carbonyl (C=O) groups is 1. The SMILES string of the molecule is O=C(CSC1CCNCC1)Nc1cccc(F)c1F. The molecule has 2 rings (SSSR count). The van der Waals surface area contributed by atoms with E-state index in [4.69, 9.17) is 0 Å². The number of hydrogen-bond donors (Lipinski definition) is 2. The number of amides is 1. The van der Waals surface area contributed by atoms with Gasteiger partial charge in [-0.2, -0.15) is 0 Å². The Kier molecular flexibility index (Phi) is 5.15. The van der Waals surface area contributed by atoms with Crippen molar-refractivity contribution in [2.24, 2.45) is 0 Å². The van der Waals surface area contributed by atoms with E-state index in [2.05, 4.69) is 10.6 Å². The van der Waals surface area contributed by atoms with Crippen molar-refractivity contribution in [2.45, 2.75) is 18.1 Å². The minimum absolute atomic E-state index is 0.101. The Bertz CT molecular complexity index is 450. The predicted molar refractivity (Wildman–Crippen MR) is 73.3 cm³/mol. The predicted octanol–water partition coefficient (Wildman–Crippen LogP) is 2.39. The van der Waals surface area contributed by atoms with Crippen molar-refractivity contribution in [3.63, 3.8) is 0 Å². The summed E-state index contributed by atoms with van der Waals surface area (Å²) in [7, 11) is 0. The second kappa shape index (κ2) is 6.86. The maximum absolute atomic E-state index is 13.4. The number of benzene rings is 1. The summed E-state index contributed by atoms with van der Waals surface area (Å²) in [6.07, 6.45) is 2.07. The Balaban J connectivity index is 1.82. The summed E-state index contributed by atoms with van der Waals surface area (Å²) >= 11 is 1.57. The average Bonchev–Trinajstić information content (AvgIpc) is 2.43. The zero-order chi connectivity index (χ0) is 13.7. The normalized spacial score (nSPS) is 16.3. The second-order valence-electron chi connectivity index (χ2n) is 4.41. The number of anilines is 1. The molecule has 2 N–H and O–H groups in total. The highest BCUT2D eigenvalue weighted by Gasteiger charge is 2.16. The van der Waals surface area contributed by atoms with Crippen LogP contribution in [-0.2, 0) is 4.79 Å². The molecule has 0 radical (unpaired) electrons. The number of hydrogen-bond acceptors (Lipinski definition) is 3. The third-order valence-electron chi connectivity index (χ3n) is 2.96. The summed E-state index contributed by atoms with van der Waals surface area (Å²) in [5.41, 5.74) is -0.101. The molecule has 1 heterocycles. The monoisotopic (exact) mass is 286 g/mol. The summed E-state index contributed by atoms with van der Waals surface area (Å²) in [5.74, 6) is -2.00. The van der Waals surface area contributed by atoms with Crippen LogP contribution < -0.4 is 10.6 Å². The molecule has 6 heteroatoms. The van der Waals surface area contributed by atoms with Gasteiger partial charge in [-0.25, -0.2) is 8.78 Å². The molecule has 0 spiro atoms. The lowest BCUT2D eigenvalue weighted by atomic mass is 10.2. The van der Waals surface area contributed by atoms with E-state index in [1.807, 2.05) is 0 Å². The van der Waals surface area contributed by atoms with Crippen LogP contribution in [0.15, 0.2) is 18.2 Å². The van der Waals surface area contributed by atoms with Crippen LogP contribution in [0.1, 0.15) is 12.8 Å². The van der Waals surface area contributed by atoms with E-state index in [1.165, 1.54) is 12.1 Å². The molecule has 0 aromatic heterocycles. The van der Waals surface area contributed by atoms with Gasteiger partial charge < -0.3 is 10.6 Å². The molecule has 0 atom stereocenters. The standard InChI is InChI=1S/C13H16F2N2OS/c14-10-2-1-3-11(13(10)15)17-12(18)8-19-9-4-6-16-7-5-9/h1-3,9,16H,4-8H2,(H,17,18). The van der Waals surface area contributed by atoms with Gasteiger partial charge in [-0.3, -0.25) is 4.79 Å². The third-order valence-corrected chi connectivity index (χ3v) is 4.33. The minimum atomic E-state index is -1.01. The third kappa shape index (κ3) is 4.18. The minimum Gasteiger partial charge on any atom is -0.323 e. The molecule has 1 aromatic rings. The highest BCUT2D eigenvalue weighted by Crippen LogP contribution is 2.21. The summed E-state index contributed by atoms with van der Waals surface area (Å²) in [4.78, 5) is 11.7. The van der Waals surface area contributed by atoms with Gasteiger partial charge >= 0.3 is 0 Å². The van der Waals surface area contributed by atoms with Crippen molar-refractivity contribution in [1.29, 1.82) is 0 Å². The lowest BCUT2D eigenvalue weighted by Crippen LogP contribution is -2.30. The molecule has 1 aromatic carbocycles. The smallest absolute Gasteiger partial charge is 0.234 e. The van der Waals surface area contributed by atoms with Crippen LogP contribution in [0, 0.1) is 11.6 Å². The molecule has 0 aliphatic carbocycles. The van der Waals surface area contributed by atoms with Crippen molar-refractivity contribution < 1.29 is 13.6 Å². The highest BCUT2D eigenvalue weighted by atomic mass is 32.2. The summed E-state index contributed by atoms with van der Waals surface area (Å²) in [5, 5.41) is 6.11. The first kappa shape index (κ1) is 14.3. The molecule has 1 saturated heterocycles. The maximum atomic E-state index is 13.4. The van der Waals surface area contributed by atoms with Gasteiger partial charge in [0.05, 0.1) is 11.4 Å². The topological polar surface area (TPSA) is 41.1 Å². The van der Waals surface area contributed by atoms with Crippen LogP contribution in [0.25, 0.3) is 0 Å². The lowest BCUT2D eigenvalue weighted by molar-refractivity contribution is -0.113. The van der Waals surface area contributed by atoms with Gasteiger partial charge in [-0.15, -0.1) is 11.8 Å². The van der Waals surface area contributed by atoms with E-state index in [0.717, 1.165) is 32.0 Å². The van der Waals surface area contributed by atoms with Gasteiger partial charge in [-0.05, 0) is 38.1 Å². The van der Waals surface area contributed by atoms with Crippen molar-refractivity contribution in [3.8, 4) is 0 Å². The second-order valence-corrected chi connectivity index (χ2v) is 5.70. The fourth-order valence-corrected chi connectivity index (χ4v) is 2.97. The Hall–Kier alpha value is -1.14. The molecular formula is C13H16F2N2OS. The largest absolute Gasteiger partial charge is 0.323 e. The fourth-order valence-electron chi connectivity index (χ4n) is 1.94. The molecule has 0 unspecified atom stereocenters. The zero-order valence-corrected chi connectivity index (χ0v) is 11.2. The van der Waals surface area contributed by atoms with Gasteiger partial charge in [0.25, 0.3) is 0 Å². The first-order chi connectivity index (χ1) is 9.16. The Labute approximate surface area is 115 Å². The fraction of sp³-hybridized carbons (Fsp3) is 0.462. The first-order valence-corrected chi connectivity index (χ1v) is 7.28. The van der Waals surface area contributed by atoms with Crippen LogP contribution >= 0.6 is 11.8 Å². The van der Waals surface area contributed by atoms with E-state index in [1.54, 1.807) is 11.8 Å². The molecule has 1 fully saturated rings. The molecule has 0 bridgehead atoms. The van der Waals surface area contributed by atoms with Crippen molar-refractivity contribution >= 4 is 23.4 Å². The van der Waals surface area contributed by atoms with Crippen molar-refractivity contribution in [2.75, 3.05) is 24.2 Å². The van der Waals surface area contributed by atoms with Crippen LogP contribution in [-0.4, -0.2) is 30.0 Å². The van der Waals surface area contributed by atoms with E-state index < -0.39 is 11.6 Å². The number of halogens is 2. The van der Waals surface area contributed by atoms with Crippen LogP contribution in [0.2, 0.25) is 0 Å². The molecule has 1 aliphatic heterocycles. The summed E-state index contributed by atoms with van der Waals surface area (Å²) in [6, 6.07) is 3.74. The van der Waals surface area contributed by atoms with Crippen LogP contribution in [0.3, 0.4) is 0 Å². The number of nitrogens with one attached hydrogen (secondary N) is 2. The van der Waals surface area contributed by atoms with E-state index in [0.29, 0.717) is 5.25 Å². The number of carbonyl (C=O) groups excluding carboxylic acids is 1. The van der Waals surface area contributed by atoms with E-state index >= 15 is 0 Å². The zero-order valence-electron chi connectivity index (χ0n) is 10.4. The molecule has 0 saturated carbocycles. The molecular weight excluding hydrogens is 270 g/mol. The Morgan fingerprint density at radius 1 is 1.37 bits per heavy atom. The molecule has 1 aliphatic rings. The molecule has 104 valence electrons. The number of thioether (sulfide) groups is 1. The molecule has 3 nitrogen and oxygen atoms in total. The van der Waals surface area contributed by atoms with E-state index in [9.17, 15) is 13.6 Å². The van der Waals surface area contributed by atoms with Gasteiger partial charge in [0.1, 0.15) is 0 Å². The molecule has 1 amide bonds. The summed E-state index contributed by atoms with van der Waals surface area (Å²) < 4.78 is 26.3. The van der Waals surface area contributed by atoms with Gasteiger partial charge in [-0.1, -0.05) is 6.07 Å². The highest BCUT2D eigenvalue weighted by molar-refractivity contribution is 8.00. The van der Waals surface area contributed by atoms with Crippen LogP contribution in [0.5, 0.6) is 0 Å². The maximum Gasteiger partial charge on any atom is 0.234 e.